The molecule has 1 heterocycles. The smallest absolute Gasteiger partial charge is 0.0681 e. The van der Waals surface area contributed by atoms with Crippen LogP contribution in [0.1, 0.15) is 16.7 Å². The van der Waals surface area contributed by atoms with E-state index in [9.17, 15) is 0 Å². The molecular formula is C17H18N4O. The van der Waals surface area contributed by atoms with E-state index in [0.717, 1.165) is 22.4 Å². The van der Waals surface area contributed by atoms with E-state index in [4.69, 9.17) is 16.2 Å². The van der Waals surface area contributed by atoms with Gasteiger partial charge in [0.05, 0.1) is 6.61 Å². The average Bonchev–Trinajstić information content (AvgIpc) is 2.58. The van der Waals surface area contributed by atoms with Gasteiger partial charge in [0.15, 0.2) is 0 Å². The highest BCUT2D eigenvalue weighted by Crippen LogP contribution is 2.17. The van der Waals surface area contributed by atoms with Gasteiger partial charge in [-0.3, -0.25) is 4.98 Å². The van der Waals surface area contributed by atoms with Crippen molar-refractivity contribution in [3.63, 3.8) is 0 Å². The van der Waals surface area contributed by atoms with Crippen molar-refractivity contribution < 1.29 is 5.11 Å². The number of hydrogen-bond donors (Lipinski definition) is 4. The first kappa shape index (κ1) is 15.5. The molecule has 0 amide bonds. The van der Waals surface area contributed by atoms with Crippen molar-refractivity contribution in [1.82, 2.24) is 4.98 Å². The van der Waals surface area contributed by atoms with E-state index in [1.807, 2.05) is 36.4 Å². The van der Waals surface area contributed by atoms with Gasteiger partial charge in [0.1, 0.15) is 0 Å². The van der Waals surface area contributed by atoms with Crippen LogP contribution in [-0.4, -0.2) is 16.3 Å². The fourth-order valence-electron chi connectivity index (χ4n) is 1.95. The molecule has 0 aliphatic carbocycles. The van der Waals surface area contributed by atoms with Gasteiger partial charge in [-0.15, -0.1) is 0 Å². The van der Waals surface area contributed by atoms with Crippen LogP contribution in [0.25, 0.3) is 11.6 Å². The lowest BCUT2D eigenvalue weighted by molar-refractivity contribution is 0.282. The molecule has 112 valence electrons. The van der Waals surface area contributed by atoms with Crippen LogP contribution in [0, 0.1) is 5.41 Å². The standard InChI is InChI=1S/C17H18N4O/c18-9-15(10-19)17-6-7-20-11-14(17)5-8-21-16-3-1-13(12-22)2-4-16/h1-11,18,21-22H,12,19H2/b8-5+,15-10+,18-9?. The molecule has 0 atom stereocenters. The van der Waals surface area contributed by atoms with Crippen LogP contribution in [0.4, 0.5) is 5.69 Å². The number of nitrogens with two attached hydrogens (primary N) is 1. The van der Waals surface area contributed by atoms with E-state index >= 15 is 0 Å². The van der Waals surface area contributed by atoms with E-state index in [-0.39, 0.29) is 6.61 Å². The molecule has 0 saturated carbocycles. The van der Waals surface area contributed by atoms with Crippen LogP contribution in [0.3, 0.4) is 0 Å². The highest BCUT2D eigenvalue weighted by atomic mass is 16.3. The molecule has 0 radical (unpaired) electrons. The highest BCUT2D eigenvalue weighted by molar-refractivity contribution is 6.09. The number of pyridine rings is 1. The van der Waals surface area contributed by atoms with Crippen molar-refractivity contribution in [2.75, 3.05) is 5.32 Å². The zero-order valence-corrected chi connectivity index (χ0v) is 12.0. The number of aliphatic hydroxyl groups is 1. The summed E-state index contributed by atoms with van der Waals surface area (Å²) in [6.07, 6.45) is 9.67. The molecule has 5 heteroatoms. The molecule has 2 rings (SSSR count). The quantitative estimate of drug-likeness (QED) is 0.616. The van der Waals surface area contributed by atoms with E-state index in [0.29, 0.717) is 5.57 Å². The first-order chi connectivity index (χ1) is 10.8. The van der Waals surface area contributed by atoms with Gasteiger partial charge in [0.25, 0.3) is 0 Å². The largest absolute Gasteiger partial charge is 0.404 e. The van der Waals surface area contributed by atoms with Crippen molar-refractivity contribution in [2.24, 2.45) is 5.73 Å². The molecule has 0 saturated heterocycles. The Morgan fingerprint density at radius 2 is 2.05 bits per heavy atom. The SMILES string of the molecule is N=C/C(=C\N)c1ccncc1/C=C/Nc1ccc(CO)cc1. The lowest BCUT2D eigenvalue weighted by Crippen LogP contribution is -1.95. The zero-order valence-electron chi connectivity index (χ0n) is 12.0. The second-order valence-corrected chi connectivity index (χ2v) is 4.56. The van der Waals surface area contributed by atoms with Crippen LogP contribution in [0.5, 0.6) is 0 Å². The van der Waals surface area contributed by atoms with Gasteiger partial charge in [0, 0.05) is 47.8 Å². The maximum Gasteiger partial charge on any atom is 0.0681 e. The zero-order chi connectivity index (χ0) is 15.8. The Morgan fingerprint density at radius 1 is 1.27 bits per heavy atom. The third-order valence-corrected chi connectivity index (χ3v) is 3.15. The Kier molecular flexibility index (Phi) is 5.45. The summed E-state index contributed by atoms with van der Waals surface area (Å²) < 4.78 is 0. The summed E-state index contributed by atoms with van der Waals surface area (Å²) in [5.74, 6) is 0. The third kappa shape index (κ3) is 3.80. The van der Waals surface area contributed by atoms with Crippen molar-refractivity contribution >= 4 is 23.6 Å². The molecule has 0 bridgehead atoms. The maximum absolute atomic E-state index is 9.01. The molecule has 1 aromatic heterocycles. The Labute approximate surface area is 129 Å². The van der Waals surface area contributed by atoms with Crippen LogP contribution in [0.15, 0.2) is 55.1 Å². The monoisotopic (exact) mass is 294 g/mol. The predicted octanol–water partition coefficient (Wildman–Crippen LogP) is 2.61. The fourth-order valence-corrected chi connectivity index (χ4v) is 1.95. The fraction of sp³-hybridized carbons (Fsp3) is 0.0588. The van der Waals surface area contributed by atoms with Gasteiger partial charge >= 0.3 is 0 Å². The number of rotatable bonds is 6. The number of allylic oxidation sites excluding steroid dienone is 1. The van der Waals surface area contributed by atoms with Gasteiger partial charge in [-0.2, -0.15) is 0 Å². The summed E-state index contributed by atoms with van der Waals surface area (Å²) >= 11 is 0. The third-order valence-electron chi connectivity index (χ3n) is 3.15. The lowest BCUT2D eigenvalue weighted by atomic mass is 10.0. The van der Waals surface area contributed by atoms with Crippen molar-refractivity contribution in [3.8, 4) is 0 Å². The molecule has 2 aromatic rings. The Hall–Kier alpha value is -2.92. The number of aliphatic hydroxyl groups excluding tert-OH is 1. The van der Waals surface area contributed by atoms with Crippen molar-refractivity contribution in [2.45, 2.75) is 6.61 Å². The molecule has 5 N–H and O–H groups in total. The first-order valence-corrected chi connectivity index (χ1v) is 6.78. The van der Waals surface area contributed by atoms with E-state index in [1.165, 1.54) is 12.4 Å². The molecule has 0 fully saturated rings. The van der Waals surface area contributed by atoms with Crippen LogP contribution in [0.2, 0.25) is 0 Å². The number of nitrogens with zero attached hydrogens (tertiary/aromatic N) is 1. The molecule has 1 aromatic carbocycles. The minimum atomic E-state index is 0.0347. The summed E-state index contributed by atoms with van der Waals surface area (Å²) in [6.45, 7) is 0.0347. The summed E-state index contributed by atoms with van der Waals surface area (Å²) in [6, 6.07) is 9.32. The minimum absolute atomic E-state index is 0.0347. The molecule has 5 nitrogen and oxygen atoms in total. The highest BCUT2D eigenvalue weighted by Gasteiger charge is 2.02. The maximum atomic E-state index is 9.01. The topological polar surface area (TPSA) is 95.0 Å². The normalized spacial score (nSPS) is 11.6. The van der Waals surface area contributed by atoms with Gasteiger partial charge in [0.2, 0.25) is 0 Å². The second kappa shape index (κ2) is 7.75. The Balaban J connectivity index is 2.14. The molecule has 0 unspecified atom stereocenters. The Morgan fingerprint density at radius 3 is 2.68 bits per heavy atom. The van der Waals surface area contributed by atoms with E-state index in [2.05, 4.69) is 10.3 Å². The van der Waals surface area contributed by atoms with Crippen molar-refractivity contribution in [1.29, 1.82) is 5.41 Å². The van der Waals surface area contributed by atoms with E-state index in [1.54, 1.807) is 18.6 Å². The van der Waals surface area contributed by atoms with Gasteiger partial charge in [-0.25, -0.2) is 0 Å². The van der Waals surface area contributed by atoms with Gasteiger partial charge < -0.3 is 21.6 Å². The number of hydrogen-bond acceptors (Lipinski definition) is 5. The molecule has 0 aliphatic heterocycles. The van der Waals surface area contributed by atoms with Crippen molar-refractivity contribution in [3.05, 3.63) is 71.8 Å². The summed E-state index contributed by atoms with van der Waals surface area (Å²) in [4.78, 5) is 4.09. The minimum Gasteiger partial charge on any atom is -0.404 e. The molecule has 0 aliphatic rings. The number of nitrogens with one attached hydrogen (secondary N) is 2. The van der Waals surface area contributed by atoms with Gasteiger partial charge in [-0.1, -0.05) is 12.1 Å². The first-order valence-electron chi connectivity index (χ1n) is 6.78. The number of anilines is 1. The van der Waals surface area contributed by atoms with E-state index < -0.39 is 0 Å². The van der Waals surface area contributed by atoms with Crippen LogP contribution < -0.4 is 11.1 Å². The number of benzene rings is 1. The number of aromatic nitrogens is 1. The summed E-state index contributed by atoms with van der Waals surface area (Å²) in [7, 11) is 0. The van der Waals surface area contributed by atoms with Gasteiger partial charge in [-0.05, 0) is 35.4 Å². The second-order valence-electron chi connectivity index (χ2n) is 4.56. The molecular weight excluding hydrogens is 276 g/mol. The predicted molar refractivity (Wildman–Crippen MR) is 90.2 cm³/mol. The molecule has 0 spiro atoms. The molecule has 22 heavy (non-hydrogen) atoms. The summed E-state index contributed by atoms with van der Waals surface area (Å²) in [5.41, 5.74) is 9.67. The van der Waals surface area contributed by atoms with Crippen LogP contribution >= 0.6 is 0 Å². The van der Waals surface area contributed by atoms with Crippen LogP contribution in [-0.2, 0) is 6.61 Å². The Bertz CT molecular complexity index is 690. The summed E-state index contributed by atoms with van der Waals surface area (Å²) in [5, 5.41) is 19.5. The lowest BCUT2D eigenvalue weighted by Gasteiger charge is -2.06. The average molecular weight is 294 g/mol.